The quantitative estimate of drug-likeness (QED) is 0.704. The van der Waals surface area contributed by atoms with Crippen molar-refractivity contribution in [3.8, 4) is 28.5 Å². The molecule has 0 spiro atoms. The number of nitrogens with zero attached hydrogens (tertiary/aromatic N) is 3. The van der Waals surface area contributed by atoms with Crippen LogP contribution in [-0.4, -0.2) is 27.8 Å². The zero-order chi connectivity index (χ0) is 19.2. The van der Waals surface area contributed by atoms with Crippen LogP contribution in [0, 0.1) is 5.92 Å². The lowest BCUT2D eigenvalue weighted by Crippen LogP contribution is -2.32. The number of ether oxygens (including phenoxy) is 1. The van der Waals surface area contributed by atoms with E-state index in [2.05, 4.69) is 20.5 Å². The highest BCUT2D eigenvalue weighted by Gasteiger charge is 2.15. The van der Waals surface area contributed by atoms with Gasteiger partial charge in [-0.3, -0.25) is 4.98 Å². The number of carbonyl (C=O) groups excluding carboxylic acids is 1. The molecule has 1 fully saturated rings. The highest BCUT2D eigenvalue weighted by molar-refractivity contribution is 5.72. The van der Waals surface area contributed by atoms with Gasteiger partial charge in [0.1, 0.15) is 5.75 Å². The van der Waals surface area contributed by atoms with E-state index < -0.39 is 6.09 Å². The fraction of sp³-hybridized carbons (Fsp3) is 0.333. The molecule has 0 bridgehead atoms. The number of pyridine rings is 1. The normalized spacial score (nSPS) is 14.6. The van der Waals surface area contributed by atoms with E-state index in [-0.39, 0.29) is 0 Å². The van der Waals surface area contributed by atoms with E-state index in [0.717, 1.165) is 16.8 Å². The van der Waals surface area contributed by atoms with Gasteiger partial charge in [-0.05, 0) is 43.0 Å². The highest BCUT2D eigenvalue weighted by atomic mass is 16.6. The van der Waals surface area contributed by atoms with Crippen LogP contribution in [0.3, 0.4) is 0 Å². The number of amides is 1. The molecule has 1 aliphatic carbocycles. The molecule has 28 heavy (non-hydrogen) atoms. The molecule has 1 aromatic carbocycles. The van der Waals surface area contributed by atoms with Crippen LogP contribution >= 0.6 is 0 Å². The van der Waals surface area contributed by atoms with Crippen molar-refractivity contribution in [2.75, 3.05) is 6.54 Å². The standard InChI is InChI=1S/C21H22N4O3/c26-21(23-13-15-5-2-1-3-6-15)28-18-8-4-7-16(11-18)19-12-17(9-10-22-19)20-25-24-14-27-20/h4,7-12,14-15H,1-3,5-6,13H2,(H,23,26). The summed E-state index contributed by atoms with van der Waals surface area (Å²) in [5.74, 6) is 1.46. The maximum absolute atomic E-state index is 12.1. The zero-order valence-electron chi connectivity index (χ0n) is 15.5. The van der Waals surface area contributed by atoms with Crippen LogP contribution < -0.4 is 10.1 Å². The topological polar surface area (TPSA) is 90.1 Å². The maximum Gasteiger partial charge on any atom is 0.412 e. The first-order valence-corrected chi connectivity index (χ1v) is 9.56. The average Bonchev–Trinajstić information content (AvgIpc) is 3.28. The van der Waals surface area contributed by atoms with Crippen molar-refractivity contribution in [2.24, 2.45) is 5.92 Å². The second-order valence-electron chi connectivity index (χ2n) is 6.98. The second kappa shape index (κ2) is 8.65. The third-order valence-corrected chi connectivity index (χ3v) is 4.97. The van der Waals surface area contributed by atoms with Gasteiger partial charge >= 0.3 is 6.09 Å². The molecule has 0 radical (unpaired) electrons. The number of benzene rings is 1. The second-order valence-corrected chi connectivity index (χ2v) is 6.98. The molecule has 2 aromatic heterocycles. The minimum atomic E-state index is -0.421. The largest absolute Gasteiger partial charge is 0.423 e. The smallest absolute Gasteiger partial charge is 0.412 e. The van der Waals surface area contributed by atoms with Gasteiger partial charge in [-0.25, -0.2) is 4.79 Å². The predicted octanol–water partition coefficient (Wildman–Crippen LogP) is 4.47. The minimum Gasteiger partial charge on any atom is -0.423 e. The molecule has 2 heterocycles. The van der Waals surface area contributed by atoms with Crippen molar-refractivity contribution in [3.05, 3.63) is 49.0 Å². The molecule has 3 aromatic rings. The van der Waals surface area contributed by atoms with E-state index in [9.17, 15) is 4.79 Å². The number of aromatic nitrogens is 3. The van der Waals surface area contributed by atoms with Gasteiger partial charge in [0.05, 0.1) is 5.69 Å². The van der Waals surface area contributed by atoms with E-state index >= 15 is 0 Å². The third kappa shape index (κ3) is 4.54. The van der Waals surface area contributed by atoms with E-state index in [4.69, 9.17) is 9.15 Å². The SMILES string of the molecule is O=C(NCC1CCCCC1)Oc1cccc(-c2cc(-c3nnco3)ccn2)c1. The van der Waals surface area contributed by atoms with Crippen molar-refractivity contribution in [1.82, 2.24) is 20.5 Å². The molecule has 1 aliphatic rings. The lowest BCUT2D eigenvalue weighted by Gasteiger charge is -2.21. The van der Waals surface area contributed by atoms with Gasteiger partial charge in [-0.2, -0.15) is 0 Å². The molecular formula is C21H22N4O3. The van der Waals surface area contributed by atoms with E-state index in [1.54, 1.807) is 24.4 Å². The number of hydrogen-bond donors (Lipinski definition) is 1. The lowest BCUT2D eigenvalue weighted by molar-refractivity contribution is 0.196. The Morgan fingerprint density at radius 3 is 2.86 bits per heavy atom. The molecular weight excluding hydrogens is 356 g/mol. The van der Waals surface area contributed by atoms with E-state index in [1.165, 1.54) is 38.5 Å². The van der Waals surface area contributed by atoms with Crippen molar-refractivity contribution >= 4 is 6.09 Å². The van der Waals surface area contributed by atoms with Crippen LogP contribution in [0.2, 0.25) is 0 Å². The van der Waals surface area contributed by atoms with Crippen molar-refractivity contribution in [2.45, 2.75) is 32.1 Å². The molecule has 4 rings (SSSR count). The molecule has 1 N–H and O–H groups in total. The Kier molecular flexibility index (Phi) is 5.61. The van der Waals surface area contributed by atoms with Crippen LogP contribution in [0.1, 0.15) is 32.1 Å². The summed E-state index contributed by atoms with van der Waals surface area (Å²) in [6.45, 7) is 0.673. The Morgan fingerprint density at radius 1 is 1.14 bits per heavy atom. The summed E-state index contributed by atoms with van der Waals surface area (Å²) < 4.78 is 10.7. The number of nitrogens with one attached hydrogen (secondary N) is 1. The Hall–Kier alpha value is -3.22. The third-order valence-electron chi connectivity index (χ3n) is 4.97. The Morgan fingerprint density at radius 2 is 2.04 bits per heavy atom. The molecule has 0 saturated heterocycles. The van der Waals surface area contributed by atoms with Crippen molar-refractivity contribution in [1.29, 1.82) is 0 Å². The summed E-state index contributed by atoms with van der Waals surface area (Å²) in [5.41, 5.74) is 2.33. The minimum absolute atomic E-state index is 0.421. The maximum atomic E-state index is 12.1. The molecule has 7 nitrogen and oxygen atoms in total. The molecule has 1 saturated carbocycles. The van der Waals surface area contributed by atoms with Gasteiger partial charge in [0, 0.05) is 23.9 Å². The Bertz CT molecular complexity index is 921. The number of carbonyl (C=O) groups is 1. The highest BCUT2D eigenvalue weighted by Crippen LogP contribution is 2.26. The van der Waals surface area contributed by atoms with Gasteiger partial charge < -0.3 is 14.5 Å². The monoisotopic (exact) mass is 378 g/mol. The van der Waals surface area contributed by atoms with Gasteiger partial charge in [0.15, 0.2) is 0 Å². The van der Waals surface area contributed by atoms with Gasteiger partial charge in [-0.1, -0.05) is 31.4 Å². The Balaban J connectivity index is 1.41. The fourth-order valence-electron chi connectivity index (χ4n) is 3.50. The summed E-state index contributed by atoms with van der Waals surface area (Å²) >= 11 is 0. The summed E-state index contributed by atoms with van der Waals surface area (Å²) in [5, 5.41) is 10.5. The molecule has 1 amide bonds. The summed E-state index contributed by atoms with van der Waals surface area (Å²) in [4.78, 5) is 16.5. The summed E-state index contributed by atoms with van der Waals surface area (Å²) in [6, 6.07) is 10.9. The molecule has 144 valence electrons. The van der Waals surface area contributed by atoms with Crippen LogP contribution in [-0.2, 0) is 0 Å². The first kappa shape index (κ1) is 18.2. The molecule has 0 aliphatic heterocycles. The first-order valence-electron chi connectivity index (χ1n) is 9.56. The lowest BCUT2D eigenvalue weighted by atomic mass is 9.89. The zero-order valence-corrected chi connectivity index (χ0v) is 15.5. The van der Waals surface area contributed by atoms with Crippen LogP contribution in [0.5, 0.6) is 5.75 Å². The van der Waals surface area contributed by atoms with Crippen molar-refractivity contribution < 1.29 is 13.9 Å². The van der Waals surface area contributed by atoms with Crippen LogP contribution in [0.4, 0.5) is 4.79 Å². The molecule has 0 atom stereocenters. The Labute approximate surface area is 163 Å². The average molecular weight is 378 g/mol. The summed E-state index contributed by atoms with van der Waals surface area (Å²) in [7, 11) is 0. The van der Waals surface area contributed by atoms with Crippen LogP contribution in [0.25, 0.3) is 22.7 Å². The number of hydrogen-bond acceptors (Lipinski definition) is 6. The van der Waals surface area contributed by atoms with Gasteiger partial charge in [-0.15, -0.1) is 10.2 Å². The predicted molar refractivity (Wildman–Crippen MR) is 104 cm³/mol. The molecule has 0 unspecified atom stereocenters. The van der Waals surface area contributed by atoms with Crippen LogP contribution in [0.15, 0.2) is 53.4 Å². The first-order chi connectivity index (χ1) is 13.8. The molecule has 7 heteroatoms. The number of rotatable bonds is 5. The van der Waals surface area contributed by atoms with Gasteiger partial charge in [0.2, 0.25) is 12.3 Å². The van der Waals surface area contributed by atoms with E-state index in [0.29, 0.717) is 24.1 Å². The van der Waals surface area contributed by atoms with E-state index in [1.807, 2.05) is 18.2 Å². The fourth-order valence-corrected chi connectivity index (χ4v) is 3.50. The van der Waals surface area contributed by atoms with Gasteiger partial charge in [0.25, 0.3) is 0 Å². The van der Waals surface area contributed by atoms with Crippen molar-refractivity contribution in [3.63, 3.8) is 0 Å². The summed E-state index contributed by atoms with van der Waals surface area (Å²) in [6.07, 6.45) is 8.70.